The van der Waals surface area contributed by atoms with E-state index in [9.17, 15) is 9.18 Å². The van der Waals surface area contributed by atoms with Gasteiger partial charge >= 0.3 is 0 Å². The molecule has 0 bridgehead atoms. The summed E-state index contributed by atoms with van der Waals surface area (Å²) in [5.74, 6) is 0.550. The van der Waals surface area contributed by atoms with Gasteiger partial charge in [0.2, 0.25) is 0 Å². The number of rotatable bonds is 5. The van der Waals surface area contributed by atoms with Crippen LogP contribution in [0.15, 0.2) is 47.4 Å². The number of piperazine rings is 1. The van der Waals surface area contributed by atoms with Gasteiger partial charge in [0.05, 0.1) is 38.9 Å². The highest BCUT2D eigenvalue weighted by molar-refractivity contribution is 7.98. The second-order valence-electron chi connectivity index (χ2n) is 6.40. The maximum absolute atomic E-state index is 13.5. The maximum Gasteiger partial charge on any atom is 0.254 e. The number of carbonyl (C=O) groups excluding carboxylic acids is 1. The van der Waals surface area contributed by atoms with Crippen molar-refractivity contribution in [3.05, 3.63) is 59.4 Å². The Morgan fingerprint density at radius 2 is 1.88 bits per heavy atom. The van der Waals surface area contributed by atoms with Crippen LogP contribution in [0.25, 0.3) is 0 Å². The largest absolute Gasteiger partial charge is 0.496 e. The van der Waals surface area contributed by atoms with Crippen LogP contribution in [-0.2, 0) is 6.54 Å². The maximum atomic E-state index is 13.5. The number of nitrogens with zero attached hydrogens (tertiary/aromatic N) is 1. The summed E-state index contributed by atoms with van der Waals surface area (Å²) in [5.41, 5.74) is 1.60. The quantitative estimate of drug-likeness (QED) is 0.813. The summed E-state index contributed by atoms with van der Waals surface area (Å²) in [6.07, 6.45) is 2.02. The van der Waals surface area contributed by atoms with Crippen LogP contribution in [0.5, 0.6) is 5.75 Å². The Kier molecular flexibility index (Phi) is 6.16. The Bertz CT molecular complexity index is 759. The molecule has 1 heterocycles. The Morgan fingerprint density at radius 1 is 1.19 bits per heavy atom. The Labute approximate surface area is 157 Å². The van der Waals surface area contributed by atoms with E-state index in [1.807, 2.05) is 35.4 Å². The van der Waals surface area contributed by atoms with Crippen molar-refractivity contribution in [1.82, 2.24) is 4.90 Å². The fourth-order valence-corrected chi connectivity index (χ4v) is 3.68. The van der Waals surface area contributed by atoms with Gasteiger partial charge in [-0.15, -0.1) is 11.8 Å². The fraction of sp³-hybridized carbons (Fsp3) is 0.350. The Balaban J connectivity index is 1.58. The molecular formula is C20H24FN2O2S+. The molecule has 2 aromatic rings. The molecule has 1 aliphatic heterocycles. The molecule has 0 aromatic heterocycles. The van der Waals surface area contributed by atoms with Crippen LogP contribution in [0.2, 0.25) is 0 Å². The summed E-state index contributed by atoms with van der Waals surface area (Å²) in [5, 5.41) is 0. The van der Waals surface area contributed by atoms with Gasteiger partial charge in [0.15, 0.2) is 0 Å². The molecule has 0 unspecified atom stereocenters. The molecule has 1 amide bonds. The number of hydrogen-bond donors (Lipinski definition) is 1. The highest BCUT2D eigenvalue weighted by atomic mass is 32.2. The number of hydrogen-bond acceptors (Lipinski definition) is 3. The van der Waals surface area contributed by atoms with Gasteiger partial charge in [-0.25, -0.2) is 4.39 Å². The van der Waals surface area contributed by atoms with E-state index in [1.54, 1.807) is 24.9 Å². The lowest BCUT2D eigenvalue weighted by Gasteiger charge is -2.32. The number of carbonyl (C=O) groups is 1. The van der Waals surface area contributed by atoms with Gasteiger partial charge in [0, 0.05) is 10.5 Å². The predicted octanol–water partition coefficient (Wildman–Crippen LogP) is 2.10. The van der Waals surface area contributed by atoms with E-state index in [2.05, 4.69) is 0 Å². The first-order chi connectivity index (χ1) is 12.6. The minimum Gasteiger partial charge on any atom is -0.496 e. The van der Waals surface area contributed by atoms with Gasteiger partial charge in [0.25, 0.3) is 5.91 Å². The summed E-state index contributed by atoms with van der Waals surface area (Å²) in [6.45, 7) is 3.79. The Morgan fingerprint density at radius 3 is 2.50 bits per heavy atom. The van der Waals surface area contributed by atoms with Gasteiger partial charge in [-0.05, 0) is 48.7 Å². The van der Waals surface area contributed by atoms with E-state index in [4.69, 9.17) is 4.74 Å². The minimum absolute atomic E-state index is 0.0834. The zero-order valence-electron chi connectivity index (χ0n) is 15.1. The van der Waals surface area contributed by atoms with Crippen molar-refractivity contribution in [2.75, 3.05) is 39.5 Å². The highest BCUT2D eigenvalue weighted by Crippen LogP contribution is 2.18. The molecule has 0 saturated carbocycles. The smallest absolute Gasteiger partial charge is 0.254 e. The molecule has 0 radical (unpaired) electrons. The number of thioether (sulfide) groups is 1. The average molecular weight is 375 g/mol. The van der Waals surface area contributed by atoms with E-state index >= 15 is 0 Å². The summed E-state index contributed by atoms with van der Waals surface area (Å²) < 4.78 is 18.9. The zero-order valence-corrected chi connectivity index (χ0v) is 15.9. The van der Waals surface area contributed by atoms with Crippen molar-refractivity contribution < 1.29 is 18.8 Å². The Hall–Kier alpha value is -2.05. The zero-order chi connectivity index (χ0) is 18.5. The van der Waals surface area contributed by atoms with Crippen LogP contribution in [0.1, 0.15) is 15.9 Å². The molecule has 4 nitrogen and oxygen atoms in total. The minimum atomic E-state index is -0.247. The third kappa shape index (κ3) is 4.37. The van der Waals surface area contributed by atoms with Crippen LogP contribution in [0, 0.1) is 5.82 Å². The second kappa shape index (κ2) is 8.56. The number of ether oxygens (including phenoxy) is 1. The van der Waals surface area contributed by atoms with E-state index in [0.29, 0.717) is 25.4 Å². The van der Waals surface area contributed by atoms with Crippen LogP contribution in [0.3, 0.4) is 0 Å². The van der Waals surface area contributed by atoms with Crippen LogP contribution >= 0.6 is 11.8 Å². The number of amides is 1. The summed E-state index contributed by atoms with van der Waals surface area (Å²) in [4.78, 5) is 17.0. The molecule has 3 rings (SSSR count). The molecule has 138 valence electrons. The van der Waals surface area contributed by atoms with Crippen molar-refractivity contribution in [1.29, 1.82) is 0 Å². The monoisotopic (exact) mass is 375 g/mol. The van der Waals surface area contributed by atoms with Gasteiger partial charge in [-0.3, -0.25) is 4.79 Å². The fourth-order valence-electron chi connectivity index (χ4n) is 3.27. The van der Waals surface area contributed by atoms with Crippen molar-refractivity contribution in [2.24, 2.45) is 0 Å². The molecule has 2 aromatic carbocycles. The first-order valence-electron chi connectivity index (χ1n) is 8.70. The van der Waals surface area contributed by atoms with Gasteiger partial charge < -0.3 is 14.5 Å². The van der Waals surface area contributed by atoms with Crippen molar-refractivity contribution in [3.8, 4) is 5.75 Å². The number of halogens is 1. The molecule has 26 heavy (non-hydrogen) atoms. The van der Waals surface area contributed by atoms with Gasteiger partial charge in [0.1, 0.15) is 18.1 Å². The lowest BCUT2D eigenvalue weighted by Crippen LogP contribution is -3.13. The van der Waals surface area contributed by atoms with Crippen molar-refractivity contribution >= 4 is 17.7 Å². The van der Waals surface area contributed by atoms with Crippen molar-refractivity contribution in [3.63, 3.8) is 0 Å². The lowest BCUT2D eigenvalue weighted by atomic mass is 10.1. The standard InChI is InChI=1S/C20H23FN2O2S/c1-25-19-8-5-17(21)13-16(19)14-22-9-11-23(12-10-22)20(24)15-3-6-18(26-2)7-4-15/h3-8,13H,9-12,14H2,1-2H3/p+1. The van der Waals surface area contributed by atoms with E-state index in [0.717, 1.165) is 29.1 Å². The van der Waals surface area contributed by atoms with E-state index in [-0.39, 0.29) is 11.7 Å². The second-order valence-corrected chi connectivity index (χ2v) is 7.28. The molecule has 1 fully saturated rings. The van der Waals surface area contributed by atoms with Crippen LogP contribution in [0.4, 0.5) is 4.39 Å². The summed E-state index contributed by atoms with van der Waals surface area (Å²) in [6, 6.07) is 12.4. The molecule has 0 atom stereocenters. The molecule has 0 spiro atoms. The molecule has 1 saturated heterocycles. The number of quaternary nitrogens is 1. The SMILES string of the molecule is COc1ccc(F)cc1C[NH+]1CCN(C(=O)c2ccc(SC)cc2)CC1. The first kappa shape index (κ1) is 18.7. The normalized spacial score (nSPS) is 15.1. The molecule has 1 aliphatic rings. The molecule has 0 aliphatic carbocycles. The third-order valence-electron chi connectivity index (χ3n) is 4.78. The predicted molar refractivity (Wildman–Crippen MR) is 101 cm³/mol. The van der Waals surface area contributed by atoms with Crippen molar-refractivity contribution in [2.45, 2.75) is 11.4 Å². The lowest BCUT2D eigenvalue weighted by molar-refractivity contribution is -0.917. The van der Waals surface area contributed by atoms with Crippen LogP contribution < -0.4 is 9.64 Å². The highest BCUT2D eigenvalue weighted by Gasteiger charge is 2.25. The summed E-state index contributed by atoms with van der Waals surface area (Å²) in [7, 11) is 1.60. The number of nitrogens with one attached hydrogen (secondary N) is 1. The molecule has 6 heteroatoms. The third-order valence-corrected chi connectivity index (χ3v) is 5.52. The van der Waals surface area contributed by atoms with Crippen LogP contribution in [-0.4, -0.2) is 50.4 Å². The first-order valence-corrected chi connectivity index (χ1v) is 9.92. The van der Waals surface area contributed by atoms with E-state index < -0.39 is 0 Å². The van der Waals surface area contributed by atoms with Gasteiger partial charge in [-0.1, -0.05) is 0 Å². The topological polar surface area (TPSA) is 34.0 Å². The average Bonchev–Trinajstić information content (AvgIpc) is 2.68. The molecule has 1 N–H and O–H groups in total. The number of methoxy groups -OCH3 is 1. The summed E-state index contributed by atoms with van der Waals surface area (Å²) >= 11 is 1.66. The number of benzene rings is 2. The van der Waals surface area contributed by atoms with E-state index in [1.165, 1.54) is 17.0 Å². The van der Waals surface area contributed by atoms with Gasteiger partial charge in [-0.2, -0.15) is 0 Å². The molecular weight excluding hydrogens is 351 g/mol.